The zero-order valence-corrected chi connectivity index (χ0v) is 10.0. The summed E-state index contributed by atoms with van der Waals surface area (Å²) in [6.07, 6.45) is 3.17. The molecule has 4 nitrogen and oxygen atoms in total. The highest BCUT2D eigenvalue weighted by Gasteiger charge is 2.33. The molecule has 0 aromatic rings. The summed E-state index contributed by atoms with van der Waals surface area (Å²) in [6.45, 7) is 7.42. The highest BCUT2D eigenvalue weighted by atomic mass is 16.2. The van der Waals surface area contributed by atoms with Gasteiger partial charge in [0, 0.05) is 18.1 Å². The molecule has 2 amide bonds. The van der Waals surface area contributed by atoms with Crippen LogP contribution in [0.5, 0.6) is 0 Å². The number of hydrogen-bond acceptors (Lipinski definition) is 2. The van der Waals surface area contributed by atoms with Crippen molar-refractivity contribution < 1.29 is 4.79 Å². The van der Waals surface area contributed by atoms with Gasteiger partial charge in [-0.1, -0.05) is 0 Å². The molecule has 0 radical (unpaired) electrons. The standard InChI is InChI=1S/C11H23N3O/c1-11(2,3)13-10(15)14(8-4-7-12)9-5-6-9/h9H,4-8,12H2,1-3H3,(H,13,15). The molecule has 1 fully saturated rings. The van der Waals surface area contributed by atoms with Gasteiger partial charge in [0.2, 0.25) is 0 Å². The van der Waals surface area contributed by atoms with Crippen molar-refractivity contribution in [2.24, 2.45) is 5.73 Å². The first-order valence-electron chi connectivity index (χ1n) is 5.73. The lowest BCUT2D eigenvalue weighted by atomic mass is 10.1. The van der Waals surface area contributed by atoms with Gasteiger partial charge in [0.25, 0.3) is 0 Å². The molecule has 1 aliphatic rings. The summed E-state index contributed by atoms with van der Waals surface area (Å²) in [5.74, 6) is 0. The zero-order chi connectivity index (χ0) is 11.5. The maximum atomic E-state index is 11.9. The van der Waals surface area contributed by atoms with Gasteiger partial charge in [-0.25, -0.2) is 4.79 Å². The number of rotatable bonds is 4. The van der Waals surface area contributed by atoms with E-state index in [0.29, 0.717) is 12.6 Å². The fourth-order valence-corrected chi connectivity index (χ4v) is 1.49. The second kappa shape index (κ2) is 4.84. The Balaban J connectivity index is 2.44. The second-order valence-corrected chi connectivity index (χ2v) is 5.25. The van der Waals surface area contributed by atoms with Crippen LogP contribution in [-0.2, 0) is 0 Å². The van der Waals surface area contributed by atoms with Crippen LogP contribution in [0.1, 0.15) is 40.0 Å². The Morgan fingerprint density at radius 1 is 1.47 bits per heavy atom. The largest absolute Gasteiger partial charge is 0.333 e. The zero-order valence-electron chi connectivity index (χ0n) is 10.0. The minimum absolute atomic E-state index is 0.0541. The molecule has 0 atom stereocenters. The quantitative estimate of drug-likeness (QED) is 0.739. The molecule has 0 aliphatic heterocycles. The van der Waals surface area contributed by atoms with Gasteiger partial charge >= 0.3 is 6.03 Å². The minimum atomic E-state index is -0.160. The predicted molar refractivity (Wildman–Crippen MR) is 61.7 cm³/mol. The number of carbonyl (C=O) groups is 1. The van der Waals surface area contributed by atoms with Crippen LogP contribution in [0.3, 0.4) is 0 Å². The first-order valence-corrected chi connectivity index (χ1v) is 5.73. The van der Waals surface area contributed by atoms with Crippen LogP contribution >= 0.6 is 0 Å². The Morgan fingerprint density at radius 2 is 2.07 bits per heavy atom. The lowest BCUT2D eigenvalue weighted by molar-refractivity contribution is 0.185. The molecular weight excluding hydrogens is 190 g/mol. The topological polar surface area (TPSA) is 58.4 Å². The van der Waals surface area contributed by atoms with Crippen LogP contribution in [0, 0.1) is 0 Å². The van der Waals surface area contributed by atoms with Gasteiger partial charge in [-0.3, -0.25) is 0 Å². The third kappa shape index (κ3) is 4.51. The van der Waals surface area contributed by atoms with Crippen LogP contribution < -0.4 is 11.1 Å². The van der Waals surface area contributed by atoms with Crippen LogP contribution in [0.15, 0.2) is 0 Å². The van der Waals surface area contributed by atoms with Crippen LogP contribution in [0.4, 0.5) is 4.79 Å². The molecule has 0 spiro atoms. The SMILES string of the molecule is CC(C)(C)NC(=O)N(CCCN)C1CC1. The van der Waals surface area contributed by atoms with Gasteiger partial charge in [0.15, 0.2) is 0 Å². The Morgan fingerprint density at radius 3 is 2.47 bits per heavy atom. The number of hydrogen-bond donors (Lipinski definition) is 2. The number of nitrogens with zero attached hydrogens (tertiary/aromatic N) is 1. The Kier molecular flexibility index (Phi) is 3.97. The van der Waals surface area contributed by atoms with E-state index in [1.165, 1.54) is 0 Å². The molecule has 0 aromatic heterocycles. The second-order valence-electron chi connectivity index (χ2n) is 5.25. The maximum absolute atomic E-state index is 11.9. The van der Waals surface area contributed by atoms with E-state index in [1.54, 1.807) is 0 Å². The number of amides is 2. The van der Waals surface area contributed by atoms with Gasteiger partial charge in [-0.05, 0) is 46.6 Å². The van der Waals surface area contributed by atoms with Gasteiger partial charge in [-0.2, -0.15) is 0 Å². The van der Waals surface area contributed by atoms with E-state index >= 15 is 0 Å². The Hall–Kier alpha value is -0.770. The van der Waals surface area contributed by atoms with Crippen molar-refractivity contribution in [2.45, 2.75) is 51.6 Å². The molecule has 1 saturated carbocycles. The van der Waals surface area contributed by atoms with Crippen molar-refractivity contribution in [1.29, 1.82) is 0 Å². The monoisotopic (exact) mass is 213 g/mol. The molecule has 4 heteroatoms. The fourth-order valence-electron chi connectivity index (χ4n) is 1.49. The van der Waals surface area contributed by atoms with Crippen molar-refractivity contribution in [2.75, 3.05) is 13.1 Å². The summed E-state index contributed by atoms with van der Waals surface area (Å²) in [5, 5.41) is 3.00. The predicted octanol–water partition coefficient (Wildman–Crippen LogP) is 1.31. The molecule has 0 heterocycles. The highest BCUT2D eigenvalue weighted by Crippen LogP contribution is 2.27. The van der Waals surface area contributed by atoms with Gasteiger partial charge in [-0.15, -0.1) is 0 Å². The number of carbonyl (C=O) groups excluding carboxylic acids is 1. The molecule has 0 saturated heterocycles. The number of urea groups is 1. The third-order valence-corrected chi connectivity index (χ3v) is 2.33. The molecule has 15 heavy (non-hydrogen) atoms. The van der Waals surface area contributed by atoms with Gasteiger partial charge in [0.1, 0.15) is 0 Å². The third-order valence-electron chi connectivity index (χ3n) is 2.33. The molecule has 3 N–H and O–H groups in total. The summed E-state index contributed by atoms with van der Waals surface area (Å²) in [4.78, 5) is 13.8. The summed E-state index contributed by atoms with van der Waals surface area (Å²) in [7, 11) is 0. The Labute approximate surface area is 92.2 Å². The Bertz CT molecular complexity index is 218. The lowest BCUT2D eigenvalue weighted by Gasteiger charge is -2.28. The van der Waals surface area contributed by atoms with E-state index < -0.39 is 0 Å². The van der Waals surface area contributed by atoms with E-state index in [9.17, 15) is 4.79 Å². The molecule has 0 aromatic carbocycles. The average Bonchev–Trinajstić information content (AvgIpc) is 2.85. The van der Waals surface area contributed by atoms with E-state index in [2.05, 4.69) is 5.32 Å². The van der Waals surface area contributed by atoms with Crippen LogP contribution in [0.2, 0.25) is 0 Å². The van der Waals surface area contributed by atoms with Crippen molar-refractivity contribution in [3.63, 3.8) is 0 Å². The normalized spacial score (nSPS) is 16.3. The van der Waals surface area contributed by atoms with Gasteiger partial charge < -0.3 is 16.0 Å². The van der Waals surface area contributed by atoms with E-state index in [1.807, 2.05) is 25.7 Å². The molecule has 0 bridgehead atoms. The first-order chi connectivity index (χ1) is 6.94. The van der Waals surface area contributed by atoms with E-state index in [0.717, 1.165) is 25.8 Å². The molecule has 1 rings (SSSR count). The number of nitrogens with one attached hydrogen (secondary N) is 1. The minimum Gasteiger partial charge on any atom is -0.333 e. The molecule has 0 unspecified atom stereocenters. The summed E-state index contributed by atoms with van der Waals surface area (Å²) in [6, 6.07) is 0.511. The fraction of sp³-hybridized carbons (Fsp3) is 0.909. The van der Waals surface area contributed by atoms with Crippen molar-refractivity contribution >= 4 is 6.03 Å². The van der Waals surface area contributed by atoms with Crippen LogP contribution in [-0.4, -0.2) is 35.6 Å². The lowest BCUT2D eigenvalue weighted by Crippen LogP contribution is -2.49. The molecule has 1 aliphatic carbocycles. The van der Waals surface area contributed by atoms with E-state index in [-0.39, 0.29) is 11.6 Å². The average molecular weight is 213 g/mol. The van der Waals surface area contributed by atoms with Crippen molar-refractivity contribution in [3.05, 3.63) is 0 Å². The summed E-state index contributed by atoms with van der Waals surface area (Å²) < 4.78 is 0. The van der Waals surface area contributed by atoms with E-state index in [4.69, 9.17) is 5.73 Å². The smallest absolute Gasteiger partial charge is 0.318 e. The summed E-state index contributed by atoms with van der Waals surface area (Å²) in [5.41, 5.74) is 5.31. The first kappa shape index (κ1) is 12.3. The van der Waals surface area contributed by atoms with Gasteiger partial charge in [0.05, 0.1) is 0 Å². The summed E-state index contributed by atoms with van der Waals surface area (Å²) >= 11 is 0. The molecule has 88 valence electrons. The van der Waals surface area contributed by atoms with Crippen molar-refractivity contribution in [1.82, 2.24) is 10.2 Å². The van der Waals surface area contributed by atoms with Crippen LogP contribution in [0.25, 0.3) is 0 Å². The van der Waals surface area contributed by atoms with Crippen molar-refractivity contribution in [3.8, 4) is 0 Å². The highest BCUT2D eigenvalue weighted by molar-refractivity contribution is 5.75. The maximum Gasteiger partial charge on any atom is 0.318 e. The number of nitrogens with two attached hydrogens (primary N) is 1. The molecular formula is C11H23N3O.